The van der Waals surface area contributed by atoms with Gasteiger partial charge in [-0.05, 0) is 31.8 Å². The molecule has 2 aliphatic rings. The number of fused-ring (bicyclic) bond motifs is 1. The second kappa shape index (κ2) is 7.75. The Kier molecular flexibility index (Phi) is 4.78. The highest BCUT2D eigenvalue weighted by Crippen LogP contribution is 2.35. The largest absolute Gasteiger partial charge is 0.365 e. The van der Waals surface area contributed by atoms with Gasteiger partial charge in [0, 0.05) is 31.5 Å². The van der Waals surface area contributed by atoms with Crippen LogP contribution >= 0.6 is 0 Å². The van der Waals surface area contributed by atoms with Crippen molar-refractivity contribution in [3.05, 3.63) is 36.8 Å². The van der Waals surface area contributed by atoms with Gasteiger partial charge in [0.1, 0.15) is 17.5 Å². The van der Waals surface area contributed by atoms with Crippen LogP contribution in [-0.2, 0) is 4.79 Å². The molecular weight excluding hydrogens is 394 g/mol. The molecule has 5 rings (SSSR count). The molecule has 0 bridgehead atoms. The van der Waals surface area contributed by atoms with E-state index < -0.39 is 0 Å². The van der Waals surface area contributed by atoms with E-state index in [-0.39, 0.29) is 11.9 Å². The summed E-state index contributed by atoms with van der Waals surface area (Å²) in [5.41, 5.74) is 1.85. The summed E-state index contributed by atoms with van der Waals surface area (Å²) in [5.74, 6) is 0.901. The van der Waals surface area contributed by atoms with Crippen LogP contribution in [0.15, 0.2) is 31.2 Å². The van der Waals surface area contributed by atoms with Crippen LogP contribution in [0.1, 0.15) is 37.3 Å². The van der Waals surface area contributed by atoms with Crippen molar-refractivity contribution < 1.29 is 4.79 Å². The van der Waals surface area contributed by atoms with E-state index in [1.807, 2.05) is 10.9 Å². The number of amides is 1. The summed E-state index contributed by atoms with van der Waals surface area (Å²) in [6.07, 6.45) is 10.8. The Hall–Kier alpha value is -3.87. The fourth-order valence-electron chi connectivity index (χ4n) is 3.97. The Bertz CT molecular complexity index is 1180. The maximum Gasteiger partial charge on any atom is 0.246 e. The fourth-order valence-corrected chi connectivity index (χ4v) is 3.97. The normalized spacial score (nSPS) is 18.5. The number of hydrogen-bond donors (Lipinski definition) is 3. The summed E-state index contributed by atoms with van der Waals surface area (Å²) in [5, 5.41) is 21.2. The third-order valence-electron chi connectivity index (χ3n) is 5.68. The van der Waals surface area contributed by atoms with Gasteiger partial charge in [0.2, 0.25) is 11.9 Å². The number of nitrogens with zero attached hydrogens (tertiary/aromatic N) is 6. The summed E-state index contributed by atoms with van der Waals surface area (Å²) in [7, 11) is 0. The predicted molar refractivity (Wildman–Crippen MR) is 116 cm³/mol. The molecule has 4 heterocycles. The van der Waals surface area contributed by atoms with Crippen molar-refractivity contribution in [3.8, 4) is 6.07 Å². The summed E-state index contributed by atoms with van der Waals surface area (Å²) in [6, 6.07) is 2.70. The van der Waals surface area contributed by atoms with E-state index in [4.69, 9.17) is 0 Å². The summed E-state index contributed by atoms with van der Waals surface area (Å²) in [6.45, 7) is 4.85. The number of aromatic amines is 1. The van der Waals surface area contributed by atoms with Crippen molar-refractivity contribution >= 4 is 34.4 Å². The molecule has 158 valence electrons. The molecular formula is C21H23N9O. The smallest absolute Gasteiger partial charge is 0.246 e. The maximum absolute atomic E-state index is 12.0. The van der Waals surface area contributed by atoms with Crippen LogP contribution < -0.4 is 10.6 Å². The van der Waals surface area contributed by atoms with Crippen LogP contribution in [0, 0.1) is 11.3 Å². The van der Waals surface area contributed by atoms with Gasteiger partial charge in [0.15, 0.2) is 0 Å². The lowest BCUT2D eigenvalue weighted by molar-refractivity contribution is -0.127. The molecule has 31 heavy (non-hydrogen) atoms. The van der Waals surface area contributed by atoms with E-state index in [1.54, 1.807) is 17.3 Å². The van der Waals surface area contributed by atoms with Crippen molar-refractivity contribution in [2.45, 2.75) is 37.8 Å². The maximum atomic E-state index is 12.0. The number of aromatic nitrogens is 5. The molecule has 1 aliphatic carbocycles. The van der Waals surface area contributed by atoms with E-state index >= 15 is 0 Å². The van der Waals surface area contributed by atoms with E-state index in [9.17, 15) is 10.1 Å². The van der Waals surface area contributed by atoms with E-state index in [0.717, 1.165) is 31.4 Å². The number of likely N-dealkylation sites (tertiary alicyclic amines) is 1. The molecule has 1 saturated carbocycles. The Balaban J connectivity index is 1.43. The highest BCUT2D eigenvalue weighted by Gasteiger charge is 2.25. The number of piperidine rings is 1. The SMILES string of the molecule is C=CC(=O)N1CCC[C@@H](Nc2nc(Nc3cnn(C4CC4)c3)nc3[nH]cc(C#N)c23)C1. The first kappa shape index (κ1) is 19.1. The molecule has 0 unspecified atom stereocenters. The van der Waals surface area contributed by atoms with Gasteiger partial charge in [0.05, 0.1) is 28.9 Å². The Morgan fingerprint density at radius 3 is 3.00 bits per heavy atom. The van der Waals surface area contributed by atoms with Gasteiger partial charge < -0.3 is 20.5 Å². The number of carbonyl (C=O) groups is 1. The standard InChI is InChI=1S/C21H23N9O/c1-2-17(31)29-7-3-4-14(11-29)25-20-18-13(8-22)9-23-19(18)27-21(28-20)26-15-10-24-30(12-15)16-5-6-16/h2,9-10,12,14,16H,1,3-7,11H2,(H3,23,25,26,27,28)/t14-/m1/s1. The summed E-state index contributed by atoms with van der Waals surface area (Å²) in [4.78, 5) is 26.1. The van der Waals surface area contributed by atoms with Gasteiger partial charge in [-0.1, -0.05) is 6.58 Å². The molecule has 2 fully saturated rings. The van der Waals surface area contributed by atoms with Crippen molar-refractivity contribution in [2.75, 3.05) is 23.7 Å². The van der Waals surface area contributed by atoms with Gasteiger partial charge >= 0.3 is 0 Å². The minimum Gasteiger partial charge on any atom is -0.365 e. The lowest BCUT2D eigenvalue weighted by Gasteiger charge is -2.33. The highest BCUT2D eigenvalue weighted by molar-refractivity contribution is 5.94. The summed E-state index contributed by atoms with van der Waals surface area (Å²) < 4.78 is 1.95. The van der Waals surface area contributed by atoms with Crippen molar-refractivity contribution in [1.29, 1.82) is 5.26 Å². The Morgan fingerprint density at radius 1 is 1.35 bits per heavy atom. The molecule has 0 spiro atoms. The predicted octanol–water partition coefficient (Wildman–Crippen LogP) is 2.69. The molecule has 0 aromatic carbocycles. The monoisotopic (exact) mass is 417 g/mol. The quantitative estimate of drug-likeness (QED) is 0.526. The molecule has 3 aromatic heterocycles. The number of hydrogen-bond acceptors (Lipinski definition) is 7. The van der Waals surface area contributed by atoms with Gasteiger partial charge in [-0.2, -0.15) is 20.3 Å². The summed E-state index contributed by atoms with van der Waals surface area (Å²) >= 11 is 0. The van der Waals surface area contributed by atoms with Gasteiger partial charge in [-0.25, -0.2) is 0 Å². The number of H-pyrrole nitrogens is 1. The molecule has 1 amide bonds. The molecule has 1 saturated heterocycles. The number of anilines is 3. The van der Waals surface area contributed by atoms with Gasteiger partial charge in [0.25, 0.3) is 0 Å². The second-order valence-corrected chi connectivity index (χ2v) is 7.97. The molecule has 0 radical (unpaired) electrons. The zero-order valence-corrected chi connectivity index (χ0v) is 17.0. The van der Waals surface area contributed by atoms with Crippen LogP contribution in [0.4, 0.5) is 17.5 Å². The van der Waals surface area contributed by atoms with E-state index in [1.165, 1.54) is 6.08 Å². The van der Waals surface area contributed by atoms with Gasteiger partial charge in [-0.3, -0.25) is 9.48 Å². The molecule has 1 aliphatic heterocycles. The number of nitrogens with one attached hydrogen (secondary N) is 3. The topological polar surface area (TPSA) is 128 Å². The molecule has 1 atom stereocenters. The molecule has 10 heteroatoms. The molecule has 3 N–H and O–H groups in total. The van der Waals surface area contributed by atoms with Crippen molar-refractivity contribution in [1.82, 2.24) is 29.6 Å². The average Bonchev–Trinajstić information content (AvgIpc) is 3.39. The molecule has 10 nitrogen and oxygen atoms in total. The number of rotatable bonds is 6. The third kappa shape index (κ3) is 3.82. The third-order valence-corrected chi connectivity index (χ3v) is 5.68. The highest BCUT2D eigenvalue weighted by atomic mass is 16.2. The Labute approximate surface area is 179 Å². The Morgan fingerprint density at radius 2 is 2.23 bits per heavy atom. The van der Waals surface area contributed by atoms with Crippen molar-refractivity contribution in [2.24, 2.45) is 0 Å². The number of carbonyl (C=O) groups excluding carboxylic acids is 1. The van der Waals surface area contributed by atoms with Crippen LogP contribution in [-0.4, -0.2) is 54.7 Å². The van der Waals surface area contributed by atoms with E-state index in [0.29, 0.717) is 47.5 Å². The average molecular weight is 417 g/mol. The van der Waals surface area contributed by atoms with Crippen molar-refractivity contribution in [3.63, 3.8) is 0 Å². The number of nitriles is 1. The first-order valence-corrected chi connectivity index (χ1v) is 10.4. The zero-order chi connectivity index (χ0) is 21.4. The van der Waals surface area contributed by atoms with Crippen LogP contribution in [0.2, 0.25) is 0 Å². The van der Waals surface area contributed by atoms with Crippen LogP contribution in [0.3, 0.4) is 0 Å². The van der Waals surface area contributed by atoms with Crippen LogP contribution in [0.25, 0.3) is 11.0 Å². The lowest BCUT2D eigenvalue weighted by atomic mass is 10.1. The zero-order valence-electron chi connectivity index (χ0n) is 17.0. The first-order valence-electron chi connectivity index (χ1n) is 10.4. The fraction of sp³-hybridized carbons (Fsp3) is 0.381. The van der Waals surface area contributed by atoms with E-state index in [2.05, 4.69) is 43.3 Å². The van der Waals surface area contributed by atoms with Gasteiger partial charge in [-0.15, -0.1) is 0 Å². The minimum absolute atomic E-state index is 0.0164. The minimum atomic E-state index is -0.0753. The lowest BCUT2D eigenvalue weighted by Crippen LogP contribution is -2.44. The van der Waals surface area contributed by atoms with Crippen LogP contribution in [0.5, 0.6) is 0 Å². The first-order chi connectivity index (χ1) is 15.1. The second-order valence-electron chi connectivity index (χ2n) is 7.97. The molecule has 3 aromatic rings.